The number of rotatable bonds is 2. The van der Waals surface area contributed by atoms with Crippen LogP contribution in [0.4, 0.5) is 0 Å². The van der Waals surface area contributed by atoms with E-state index < -0.39 is 17.4 Å². The third-order valence-electron chi connectivity index (χ3n) is 4.35. The number of hydrogen-bond donors (Lipinski definition) is 1. The first-order valence-corrected chi connectivity index (χ1v) is 6.09. The topological polar surface area (TPSA) is 74.7 Å². The summed E-state index contributed by atoms with van der Waals surface area (Å²) in [4.78, 5) is 36.7. The highest BCUT2D eigenvalue weighted by Gasteiger charge is 2.52. The molecule has 0 aromatic rings. The molecule has 2 unspecified atom stereocenters. The summed E-state index contributed by atoms with van der Waals surface area (Å²) in [5, 5.41) is 9.34. The first-order chi connectivity index (χ1) is 8.30. The Morgan fingerprint density at radius 3 is 2.22 bits per heavy atom. The highest BCUT2D eigenvalue weighted by atomic mass is 16.4. The molecule has 2 rings (SSSR count). The van der Waals surface area contributed by atoms with Crippen molar-refractivity contribution >= 4 is 17.8 Å². The molecule has 98 valence electrons. The van der Waals surface area contributed by atoms with Crippen LogP contribution in [-0.2, 0) is 14.4 Å². The van der Waals surface area contributed by atoms with Crippen LogP contribution >= 0.6 is 0 Å². The molecule has 2 atom stereocenters. The summed E-state index contributed by atoms with van der Waals surface area (Å²) < 4.78 is 0. The van der Waals surface area contributed by atoms with E-state index in [9.17, 15) is 19.5 Å². The Morgan fingerprint density at radius 2 is 1.78 bits per heavy atom. The molecule has 0 aromatic heterocycles. The summed E-state index contributed by atoms with van der Waals surface area (Å²) in [6, 6.07) is -0.526. The Balaban J connectivity index is 2.37. The number of hydrogen-bond acceptors (Lipinski definition) is 3. The lowest BCUT2D eigenvalue weighted by atomic mass is 9.84. The molecule has 1 heterocycles. The van der Waals surface area contributed by atoms with E-state index in [1.165, 1.54) is 0 Å². The molecule has 1 aliphatic heterocycles. The van der Waals surface area contributed by atoms with Gasteiger partial charge >= 0.3 is 5.97 Å². The van der Waals surface area contributed by atoms with E-state index in [0.717, 1.165) is 11.3 Å². The fraction of sp³-hybridized carbons (Fsp3) is 0.615. The number of aliphatic carboxylic acids is 1. The Hall–Kier alpha value is -1.65. The number of carboxylic acid groups (broad SMARTS) is 1. The van der Waals surface area contributed by atoms with Crippen LogP contribution in [0.5, 0.6) is 0 Å². The molecule has 2 amide bonds. The summed E-state index contributed by atoms with van der Waals surface area (Å²) in [6.07, 6.45) is 1.80. The number of nitrogens with zero attached hydrogens (tertiary/aromatic N) is 1. The fourth-order valence-electron chi connectivity index (χ4n) is 2.87. The zero-order valence-corrected chi connectivity index (χ0v) is 10.8. The molecule has 5 heteroatoms. The second kappa shape index (κ2) is 3.93. The van der Waals surface area contributed by atoms with Crippen molar-refractivity contribution in [1.82, 2.24) is 4.90 Å². The quantitative estimate of drug-likeness (QED) is 0.751. The van der Waals surface area contributed by atoms with Crippen molar-refractivity contribution in [2.24, 2.45) is 5.41 Å². The molecule has 2 aliphatic rings. The minimum Gasteiger partial charge on any atom is -0.481 e. The maximum atomic E-state index is 12.1. The van der Waals surface area contributed by atoms with Crippen molar-refractivity contribution in [3.8, 4) is 0 Å². The van der Waals surface area contributed by atoms with Gasteiger partial charge in [-0.3, -0.25) is 19.3 Å². The van der Waals surface area contributed by atoms with E-state index in [-0.39, 0.29) is 11.8 Å². The number of amides is 2. The Morgan fingerprint density at radius 1 is 1.28 bits per heavy atom. The molecule has 1 fully saturated rings. The monoisotopic (exact) mass is 251 g/mol. The third kappa shape index (κ3) is 1.50. The van der Waals surface area contributed by atoms with E-state index in [4.69, 9.17) is 0 Å². The van der Waals surface area contributed by atoms with Crippen molar-refractivity contribution in [1.29, 1.82) is 0 Å². The predicted octanol–water partition coefficient (Wildman–Crippen LogP) is 1.33. The lowest BCUT2D eigenvalue weighted by Crippen LogP contribution is -2.50. The minimum absolute atomic E-state index is 0.336. The van der Waals surface area contributed by atoms with Gasteiger partial charge < -0.3 is 5.11 Å². The van der Waals surface area contributed by atoms with Gasteiger partial charge in [0.05, 0.1) is 11.5 Å². The summed E-state index contributed by atoms with van der Waals surface area (Å²) in [6.45, 7) is 4.85. The zero-order valence-electron chi connectivity index (χ0n) is 10.8. The van der Waals surface area contributed by atoms with Crippen molar-refractivity contribution in [2.45, 2.75) is 46.1 Å². The van der Waals surface area contributed by atoms with Gasteiger partial charge in [-0.25, -0.2) is 0 Å². The van der Waals surface area contributed by atoms with Gasteiger partial charge in [-0.15, -0.1) is 0 Å². The average molecular weight is 251 g/mol. The van der Waals surface area contributed by atoms with E-state index >= 15 is 0 Å². The highest BCUT2D eigenvalue weighted by Crippen LogP contribution is 2.43. The molecule has 1 aliphatic carbocycles. The molecule has 0 aromatic carbocycles. The van der Waals surface area contributed by atoms with E-state index in [1.54, 1.807) is 20.8 Å². The van der Waals surface area contributed by atoms with Gasteiger partial charge in [0, 0.05) is 11.1 Å². The van der Waals surface area contributed by atoms with Crippen LogP contribution < -0.4 is 0 Å². The molecule has 1 N–H and O–H groups in total. The normalized spacial score (nSPS) is 32.6. The summed E-state index contributed by atoms with van der Waals surface area (Å²) in [5.41, 5.74) is -0.157. The van der Waals surface area contributed by atoms with Gasteiger partial charge in [0.15, 0.2) is 0 Å². The molecule has 0 bridgehead atoms. The average Bonchev–Trinajstić information content (AvgIpc) is 2.77. The number of carbonyl (C=O) groups is 3. The molecule has 0 radical (unpaired) electrons. The molecule has 0 saturated heterocycles. The van der Waals surface area contributed by atoms with Crippen molar-refractivity contribution < 1.29 is 19.5 Å². The summed E-state index contributed by atoms with van der Waals surface area (Å²) >= 11 is 0. The predicted molar refractivity (Wildman–Crippen MR) is 63.6 cm³/mol. The van der Waals surface area contributed by atoms with Crippen LogP contribution in [0.1, 0.15) is 40.0 Å². The van der Waals surface area contributed by atoms with Crippen LogP contribution in [0.2, 0.25) is 0 Å². The number of carboxylic acids is 1. The maximum absolute atomic E-state index is 12.1. The molecule has 0 spiro atoms. The first kappa shape index (κ1) is 12.8. The summed E-state index contributed by atoms with van der Waals surface area (Å²) in [7, 11) is 0. The number of carbonyl (C=O) groups excluding carboxylic acids is 2. The molecular formula is C13H17NO4. The third-order valence-corrected chi connectivity index (χ3v) is 4.35. The van der Waals surface area contributed by atoms with Crippen LogP contribution in [0.15, 0.2) is 11.1 Å². The first-order valence-electron chi connectivity index (χ1n) is 6.09. The fourth-order valence-corrected chi connectivity index (χ4v) is 2.87. The Labute approximate surface area is 105 Å². The lowest BCUT2D eigenvalue weighted by Gasteiger charge is -2.33. The molecule has 1 saturated carbocycles. The Bertz CT molecular complexity index is 455. The van der Waals surface area contributed by atoms with Gasteiger partial charge in [0.2, 0.25) is 0 Å². The largest absolute Gasteiger partial charge is 0.481 e. The van der Waals surface area contributed by atoms with Crippen LogP contribution in [0, 0.1) is 5.41 Å². The lowest BCUT2D eigenvalue weighted by molar-refractivity contribution is -0.154. The van der Waals surface area contributed by atoms with Crippen LogP contribution in [-0.4, -0.2) is 33.8 Å². The van der Waals surface area contributed by atoms with Gasteiger partial charge in [0.1, 0.15) is 0 Å². The van der Waals surface area contributed by atoms with Crippen molar-refractivity contribution in [2.75, 3.05) is 0 Å². The smallest absolute Gasteiger partial charge is 0.311 e. The van der Waals surface area contributed by atoms with Gasteiger partial charge in [-0.1, -0.05) is 6.42 Å². The zero-order chi connectivity index (χ0) is 13.7. The van der Waals surface area contributed by atoms with Gasteiger partial charge in [-0.05, 0) is 33.6 Å². The van der Waals surface area contributed by atoms with Crippen molar-refractivity contribution in [3.63, 3.8) is 0 Å². The Kier molecular flexibility index (Phi) is 2.80. The molecular weight excluding hydrogens is 234 g/mol. The number of imide groups is 1. The molecule has 5 nitrogen and oxygen atoms in total. The van der Waals surface area contributed by atoms with Gasteiger partial charge in [0.25, 0.3) is 11.8 Å². The summed E-state index contributed by atoms with van der Waals surface area (Å²) in [5.74, 6) is -1.61. The van der Waals surface area contributed by atoms with E-state index in [2.05, 4.69) is 0 Å². The van der Waals surface area contributed by atoms with E-state index in [0.29, 0.717) is 24.0 Å². The van der Waals surface area contributed by atoms with Crippen LogP contribution in [0.25, 0.3) is 0 Å². The van der Waals surface area contributed by atoms with E-state index in [1.807, 2.05) is 0 Å². The highest BCUT2D eigenvalue weighted by molar-refractivity contribution is 6.19. The second-order valence-corrected chi connectivity index (χ2v) is 5.36. The minimum atomic E-state index is -1.02. The van der Waals surface area contributed by atoms with Crippen molar-refractivity contribution in [3.05, 3.63) is 11.1 Å². The standard InChI is InChI=1S/C13H17NO4/c1-7-8(2)11(16)14(10(7)15)9-5-4-6-13(9,3)12(17)18/h9H,4-6H2,1-3H3,(H,17,18). The van der Waals surface area contributed by atoms with Crippen LogP contribution in [0.3, 0.4) is 0 Å². The molecule has 18 heavy (non-hydrogen) atoms. The second-order valence-electron chi connectivity index (χ2n) is 5.36. The maximum Gasteiger partial charge on any atom is 0.311 e. The van der Waals surface area contributed by atoms with Gasteiger partial charge in [-0.2, -0.15) is 0 Å². The SMILES string of the molecule is CC1=C(C)C(=O)N(C2CCCC2(C)C(=O)O)C1=O.